The van der Waals surface area contributed by atoms with Crippen molar-refractivity contribution in [2.75, 3.05) is 13.1 Å². The molecule has 6 nitrogen and oxygen atoms in total. The first-order valence-electron chi connectivity index (χ1n) is 6.60. The number of hydrogen-bond acceptors (Lipinski definition) is 4. The van der Waals surface area contributed by atoms with Gasteiger partial charge in [0.1, 0.15) is 0 Å². The first kappa shape index (κ1) is 15.5. The number of carbonyl (C=O) groups is 1. The summed E-state index contributed by atoms with van der Waals surface area (Å²) in [5.41, 5.74) is 0.817. The van der Waals surface area contributed by atoms with E-state index in [2.05, 4.69) is 0 Å². The topological polar surface area (TPSA) is 98.5 Å². The molecule has 1 aliphatic heterocycles. The van der Waals surface area contributed by atoms with Gasteiger partial charge in [0.25, 0.3) is 0 Å². The summed E-state index contributed by atoms with van der Waals surface area (Å²) in [5, 5.41) is 18.0. The van der Waals surface area contributed by atoms with Gasteiger partial charge in [0.05, 0.1) is 22.4 Å². The molecule has 1 aromatic carbocycles. The summed E-state index contributed by atoms with van der Waals surface area (Å²) in [6.45, 7) is 1.95. The molecule has 0 radical (unpaired) electrons. The summed E-state index contributed by atoms with van der Waals surface area (Å²) < 4.78 is 26.5. The van der Waals surface area contributed by atoms with Crippen molar-refractivity contribution in [2.24, 2.45) is 5.92 Å². The van der Waals surface area contributed by atoms with Crippen molar-refractivity contribution in [2.45, 2.75) is 24.7 Å². The van der Waals surface area contributed by atoms with Crippen molar-refractivity contribution < 1.29 is 18.3 Å². The number of rotatable bonds is 3. The van der Waals surface area contributed by atoms with Crippen molar-refractivity contribution >= 4 is 16.0 Å². The van der Waals surface area contributed by atoms with Gasteiger partial charge >= 0.3 is 5.97 Å². The van der Waals surface area contributed by atoms with Gasteiger partial charge in [-0.1, -0.05) is 6.07 Å². The first-order chi connectivity index (χ1) is 9.86. The molecule has 0 bridgehead atoms. The van der Waals surface area contributed by atoms with Crippen LogP contribution in [0.1, 0.15) is 24.0 Å². The van der Waals surface area contributed by atoms with Crippen LogP contribution in [0.25, 0.3) is 0 Å². The molecule has 1 atom stereocenters. The number of carboxylic acid groups (broad SMARTS) is 1. The molecule has 1 heterocycles. The third kappa shape index (κ3) is 3.06. The van der Waals surface area contributed by atoms with Gasteiger partial charge in [-0.25, -0.2) is 8.42 Å². The highest BCUT2D eigenvalue weighted by molar-refractivity contribution is 7.89. The lowest BCUT2D eigenvalue weighted by Crippen LogP contribution is -2.42. The highest BCUT2D eigenvalue weighted by Crippen LogP contribution is 2.26. The summed E-state index contributed by atoms with van der Waals surface area (Å²) in [7, 11) is -3.77. The van der Waals surface area contributed by atoms with E-state index in [0.717, 1.165) is 0 Å². The second kappa shape index (κ2) is 5.84. The molecule has 0 aromatic heterocycles. The molecular formula is C14H16N2O4S. The van der Waals surface area contributed by atoms with Crippen LogP contribution in [0.2, 0.25) is 0 Å². The van der Waals surface area contributed by atoms with Gasteiger partial charge in [-0.15, -0.1) is 0 Å². The lowest BCUT2D eigenvalue weighted by molar-refractivity contribution is -0.142. The average molecular weight is 308 g/mol. The summed E-state index contributed by atoms with van der Waals surface area (Å²) in [6, 6.07) is 6.41. The number of benzene rings is 1. The van der Waals surface area contributed by atoms with Crippen LogP contribution in [0.4, 0.5) is 0 Å². The third-order valence-electron chi connectivity index (χ3n) is 3.67. The number of hydrogen-bond donors (Lipinski definition) is 1. The van der Waals surface area contributed by atoms with Gasteiger partial charge in [-0.3, -0.25) is 4.79 Å². The second-order valence-corrected chi connectivity index (χ2v) is 7.04. The lowest BCUT2D eigenvalue weighted by Gasteiger charge is -2.30. The molecule has 7 heteroatoms. The molecule has 0 aliphatic carbocycles. The highest BCUT2D eigenvalue weighted by atomic mass is 32.2. The molecule has 0 spiro atoms. The van der Waals surface area contributed by atoms with E-state index < -0.39 is 21.9 Å². The number of aliphatic carboxylic acids is 1. The van der Waals surface area contributed by atoms with E-state index in [0.29, 0.717) is 24.9 Å². The molecule has 112 valence electrons. The fourth-order valence-electron chi connectivity index (χ4n) is 2.45. The maximum Gasteiger partial charge on any atom is 0.307 e. The molecule has 1 unspecified atom stereocenters. The van der Waals surface area contributed by atoms with E-state index in [1.165, 1.54) is 10.4 Å². The SMILES string of the molecule is Cc1ccc(C#N)cc1S(=O)(=O)N1CCCC(C(=O)O)C1. The van der Waals surface area contributed by atoms with Crippen LogP contribution in [0.5, 0.6) is 0 Å². The number of sulfonamides is 1. The summed E-state index contributed by atoms with van der Waals surface area (Å²) in [4.78, 5) is 11.1. The molecule has 1 aliphatic rings. The lowest BCUT2D eigenvalue weighted by atomic mass is 10.0. The minimum absolute atomic E-state index is 0.0200. The molecule has 1 saturated heterocycles. The van der Waals surface area contributed by atoms with Crippen molar-refractivity contribution in [1.82, 2.24) is 4.31 Å². The Morgan fingerprint density at radius 2 is 2.19 bits per heavy atom. The van der Waals surface area contributed by atoms with Gasteiger partial charge < -0.3 is 5.11 Å². The fourth-order valence-corrected chi connectivity index (χ4v) is 4.22. The molecule has 1 fully saturated rings. The van der Waals surface area contributed by atoms with E-state index in [-0.39, 0.29) is 17.0 Å². The zero-order valence-electron chi connectivity index (χ0n) is 11.6. The fraction of sp³-hybridized carbons (Fsp3) is 0.429. The van der Waals surface area contributed by atoms with Crippen LogP contribution in [0.3, 0.4) is 0 Å². The minimum Gasteiger partial charge on any atom is -0.481 e. The van der Waals surface area contributed by atoms with Crippen molar-refractivity contribution in [3.05, 3.63) is 29.3 Å². The number of nitrogens with zero attached hydrogens (tertiary/aromatic N) is 2. The van der Waals surface area contributed by atoms with Gasteiger partial charge in [0.15, 0.2) is 0 Å². The first-order valence-corrected chi connectivity index (χ1v) is 8.04. The second-order valence-electron chi connectivity index (χ2n) is 5.13. The van der Waals surface area contributed by atoms with Crippen LogP contribution < -0.4 is 0 Å². The van der Waals surface area contributed by atoms with E-state index in [1.807, 2.05) is 6.07 Å². The molecular weight excluding hydrogens is 292 g/mol. The maximum atomic E-state index is 12.7. The predicted molar refractivity (Wildman–Crippen MR) is 75.0 cm³/mol. The largest absolute Gasteiger partial charge is 0.481 e. The van der Waals surface area contributed by atoms with E-state index in [9.17, 15) is 13.2 Å². The Kier molecular flexibility index (Phi) is 4.30. The quantitative estimate of drug-likeness (QED) is 0.908. The number of carboxylic acids is 1. The molecule has 0 saturated carbocycles. The predicted octanol–water partition coefficient (Wildman–Crippen LogP) is 1.35. The molecule has 0 amide bonds. The molecule has 2 rings (SSSR count). The van der Waals surface area contributed by atoms with Crippen molar-refractivity contribution in [3.8, 4) is 6.07 Å². The summed E-state index contributed by atoms with van der Waals surface area (Å²) >= 11 is 0. The third-order valence-corrected chi connectivity index (χ3v) is 5.68. The average Bonchev–Trinajstić information content (AvgIpc) is 2.47. The van der Waals surface area contributed by atoms with Crippen LogP contribution in [0.15, 0.2) is 23.1 Å². The maximum absolute atomic E-state index is 12.7. The zero-order chi connectivity index (χ0) is 15.6. The van der Waals surface area contributed by atoms with Crippen LogP contribution in [0, 0.1) is 24.2 Å². The number of piperidine rings is 1. The summed E-state index contributed by atoms with van der Waals surface area (Å²) in [5.74, 6) is -1.65. The minimum atomic E-state index is -3.77. The Morgan fingerprint density at radius 3 is 2.81 bits per heavy atom. The van der Waals surface area contributed by atoms with E-state index in [1.54, 1.807) is 19.1 Å². The standard InChI is InChI=1S/C14H16N2O4S/c1-10-4-5-11(8-15)7-13(10)21(19,20)16-6-2-3-12(9-16)14(17)18/h4-5,7,12H,2-3,6,9H2,1H3,(H,17,18). The van der Waals surface area contributed by atoms with Gasteiger partial charge in [-0.2, -0.15) is 9.57 Å². The zero-order valence-corrected chi connectivity index (χ0v) is 12.4. The van der Waals surface area contributed by atoms with Crippen LogP contribution in [-0.4, -0.2) is 36.9 Å². The Hall–Kier alpha value is -1.91. The van der Waals surface area contributed by atoms with Crippen molar-refractivity contribution in [1.29, 1.82) is 5.26 Å². The van der Waals surface area contributed by atoms with Gasteiger partial charge in [0, 0.05) is 13.1 Å². The Balaban J connectivity index is 2.38. The van der Waals surface area contributed by atoms with E-state index >= 15 is 0 Å². The number of nitriles is 1. The van der Waals surface area contributed by atoms with Crippen LogP contribution in [-0.2, 0) is 14.8 Å². The smallest absolute Gasteiger partial charge is 0.307 e. The Morgan fingerprint density at radius 1 is 1.48 bits per heavy atom. The van der Waals surface area contributed by atoms with E-state index in [4.69, 9.17) is 10.4 Å². The molecule has 1 aromatic rings. The highest BCUT2D eigenvalue weighted by Gasteiger charge is 2.34. The molecule has 1 N–H and O–H groups in total. The monoisotopic (exact) mass is 308 g/mol. The summed E-state index contributed by atoms with van der Waals surface area (Å²) in [6.07, 6.45) is 1.01. The molecule has 21 heavy (non-hydrogen) atoms. The van der Waals surface area contributed by atoms with Crippen LogP contribution >= 0.6 is 0 Å². The van der Waals surface area contributed by atoms with Crippen molar-refractivity contribution in [3.63, 3.8) is 0 Å². The number of aryl methyl sites for hydroxylation is 1. The van der Waals surface area contributed by atoms with Gasteiger partial charge in [0.2, 0.25) is 10.0 Å². The Bertz CT molecular complexity index is 706. The van der Waals surface area contributed by atoms with Gasteiger partial charge in [-0.05, 0) is 37.5 Å². The normalized spacial score (nSPS) is 19.9. The Labute approximate surface area is 123 Å².